The zero-order chi connectivity index (χ0) is 43.0. The lowest BCUT2D eigenvalue weighted by molar-refractivity contribution is -0.462. The normalized spacial score (nSPS) is 28.9. The van der Waals surface area contributed by atoms with Gasteiger partial charge < -0.3 is 33.9 Å². The number of aliphatic hydroxyl groups excluding tert-OH is 2. The van der Waals surface area contributed by atoms with Gasteiger partial charge in [0.2, 0.25) is 0 Å². The lowest BCUT2D eigenvalue weighted by Crippen LogP contribution is -2.74. The SMILES string of the molecule is OC(COCC(COCCC(F)(F)C(F)(F)C(F)(F)C(F)(F)C(F)(F)C(F)(F)C(F)(F)C(F)(F)F)OCC(O)C1CCCC(C2CO2)C1)C1CCCC(C2CO2)C1. The van der Waals surface area contributed by atoms with Crippen LogP contribution in [0.3, 0.4) is 0 Å². The highest BCUT2D eigenvalue weighted by Gasteiger charge is 2.95. The van der Waals surface area contributed by atoms with Gasteiger partial charge in [-0.25, -0.2) is 0 Å². The maximum absolute atomic E-state index is 14.4. The van der Waals surface area contributed by atoms with Gasteiger partial charge >= 0.3 is 47.6 Å². The Kier molecular flexibility index (Phi) is 14.8. The third-order valence-electron chi connectivity index (χ3n) is 11.1. The molecule has 9 unspecified atom stereocenters. The molecule has 2 saturated heterocycles. The molecule has 0 radical (unpaired) electrons. The fourth-order valence-corrected chi connectivity index (χ4v) is 7.30. The van der Waals surface area contributed by atoms with E-state index >= 15 is 0 Å². The fourth-order valence-electron chi connectivity index (χ4n) is 7.30. The highest BCUT2D eigenvalue weighted by molar-refractivity contribution is 5.15. The van der Waals surface area contributed by atoms with Gasteiger partial charge in [-0.05, 0) is 62.2 Å². The summed E-state index contributed by atoms with van der Waals surface area (Å²) in [5, 5.41) is 21.5. The van der Waals surface area contributed by atoms with Crippen LogP contribution in [0.15, 0.2) is 0 Å². The molecule has 2 heterocycles. The highest BCUT2D eigenvalue weighted by Crippen LogP contribution is 2.64. The standard InChI is InChI=1S/C33H43F17O7/c34-26(35,27(36,37)28(38,39)29(40,41)30(42,43)31(44,45)32(46,47)33(48,49)50)7-8-53-11-21(55-14-23(52)18-4-2-6-20(10-18)25-16-57-25)12-54-13-22(51)17-3-1-5-19(9-17)24-15-56-24/h17-25,51-52H,1-16H2. The van der Waals surface area contributed by atoms with Gasteiger partial charge in [-0.15, -0.1) is 0 Å². The van der Waals surface area contributed by atoms with E-state index in [1.165, 1.54) is 0 Å². The summed E-state index contributed by atoms with van der Waals surface area (Å²) in [4.78, 5) is 0. The number of aliphatic hydroxyl groups is 2. The summed E-state index contributed by atoms with van der Waals surface area (Å²) < 4.78 is 258. The number of alkyl halides is 17. The maximum Gasteiger partial charge on any atom is 0.460 e. The van der Waals surface area contributed by atoms with Crippen LogP contribution in [-0.2, 0) is 23.7 Å². The minimum absolute atomic E-state index is 0.0476. The number of ether oxygens (including phenoxy) is 5. The fraction of sp³-hybridized carbons (Fsp3) is 1.00. The Morgan fingerprint density at radius 3 is 1.35 bits per heavy atom. The smallest absolute Gasteiger partial charge is 0.390 e. The van der Waals surface area contributed by atoms with E-state index in [2.05, 4.69) is 0 Å². The molecule has 2 N–H and O–H groups in total. The Hall–Kier alpha value is -1.47. The van der Waals surface area contributed by atoms with Gasteiger partial charge in [-0.1, -0.05) is 12.8 Å². The average Bonchev–Trinajstić information content (AvgIpc) is 4.05. The van der Waals surface area contributed by atoms with E-state index in [4.69, 9.17) is 23.7 Å². The van der Waals surface area contributed by atoms with Gasteiger partial charge in [0.25, 0.3) is 0 Å². The topological polar surface area (TPSA) is 93.2 Å². The predicted molar refractivity (Wildman–Crippen MR) is 159 cm³/mol. The summed E-state index contributed by atoms with van der Waals surface area (Å²) in [6, 6.07) is 0. The van der Waals surface area contributed by atoms with Crippen LogP contribution in [-0.4, -0.2) is 135 Å². The quantitative estimate of drug-likeness (QED) is 0.0649. The first-order valence-electron chi connectivity index (χ1n) is 18.1. The Morgan fingerprint density at radius 2 is 0.912 bits per heavy atom. The second-order valence-corrected chi connectivity index (χ2v) is 15.2. The molecule has 0 amide bonds. The first-order valence-corrected chi connectivity index (χ1v) is 18.1. The van der Waals surface area contributed by atoms with Gasteiger partial charge in [-0.3, -0.25) is 0 Å². The van der Waals surface area contributed by atoms with Crippen molar-refractivity contribution >= 4 is 0 Å². The second-order valence-electron chi connectivity index (χ2n) is 15.2. The molecular formula is C33H43F17O7. The van der Waals surface area contributed by atoms with Crippen molar-refractivity contribution < 1.29 is 109 Å². The number of halogens is 17. The number of hydrogen-bond acceptors (Lipinski definition) is 7. The van der Waals surface area contributed by atoms with E-state index in [0.717, 1.165) is 25.7 Å². The van der Waals surface area contributed by atoms with Gasteiger partial charge in [0.15, 0.2) is 0 Å². The Bertz CT molecular complexity index is 1300. The first-order chi connectivity index (χ1) is 26.0. The van der Waals surface area contributed by atoms with Crippen molar-refractivity contribution in [3.63, 3.8) is 0 Å². The Morgan fingerprint density at radius 1 is 0.509 bits per heavy atom. The third-order valence-corrected chi connectivity index (χ3v) is 11.1. The molecule has 4 fully saturated rings. The van der Waals surface area contributed by atoms with E-state index in [1.54, 1.807) is 0 Å². The molecule has 0 aromatic rings. The predicted octanol–water partition coefficient (Wildman–Crippen LogP) is 7.94. The summed E-state index contributed by atoms with van der Waals surface area (Å²) in [7, 11) is 0. The van der Waals surface area contributed by atoms with Crippen molar-refractivity contribution in [2.24, 2.45) is 23.7 Å². The van der Waals surface area contributed by atoms with Gasteiger partial charge in [0.1, 0.15) is 6.10 Å². The molecule has 0 aromatic heterocycles. The second kappa shape index (κ2) is 17.5. The van der Waals surface area contributed by atoms with Crippen molar-refractivity contribution in [3.8, 4) is 0 Å². The molecule has 4 aliphatic rings. The summed E-state index contributed by atoms with van der Waals surface area (Å²) in [6.07, 6.45) is -8.18. The molecule has 9 atom stereocenters. The summed E-state index contributed by atoms with van der Waals surface area (Å²) in [5.41, 5.74) is 0. The van der Waals surface area contributed by atoms with Crippen LogP contribution in [0.5, 0.6) is 0 Å². The lowest BCUT2D eigenvalue weighted by Gasteiger charge is -2.42. The molecule has 0 spiro atoms. The molecule has 24 heteroatoms. The van der Waals surface area contributed by atoms with Gasteiger partial charge in [0.05, 0.1) is 70.7 Å². The van der Waals surface area contributed by atoms with Crippen LogP contribution in [0.4, 0.5) is 74.6 Å². The Balaban J connectivity index is 1.38. The Labute approximate surface area is 314 Å². The third kappa shape index (κ3) is 10.0. The molecule has 336 valence electrons. The van der Waals surface area contributed by atoms with Crippen LogP contribution in [0, 0.1) is 23.7 Å². The van der Waals surface area contributed by atoms with Crippen LogP contribution >= 0.6 is 0 Å². The van der Waals surface area contributed by atoms with Crippen LogP contribution < -0.4 is 0 Å². The van der Waals surface area contributed by atoms with Gasteiger partial charge in [0, 0.05) is 6.42 Å². The van der Waals surface area contributed by atoms with E-state index in [0.29, 0.717) is 38.9 Å². The van der Waals surface area contributed by atoms with Crippen molar-refractivity contribution in [1.29, 1.82) is 0 Å². The molecule has 2 aliphatic carbocycles. The van der Waals surface area contributed by atoms with Crippen molar-refractivity contribution in [3.05, 3.63) is 0 Å². The van der Waals surface area contributed by atoms with Crippen molar-refractivity contribution in [1.82, 2.24) is 0 Å². The summed E-state index contributed by atoms with van der Waals surface area (Å²) in [6.45, 7) is -2.81. The van der Waals surface area contributed by atoms with E-state index < -0.39 is 98.8 Å². The van der Waals surface area contributed by atoms with E-state index in [1.807, 2.05) is 0 Å². The van der Waals surface area contributed by atoms with Crippen LogP contribution in [0.25, 0.3) is 0 Å². The first kappa shape index (κ1) is 48.2. The number of rotatable bonds is 22. The van der Waals surface area contributed by atoms with E-state index in [9.17, 15) is 84.9 Å². The average molecular weight is 875 g/mol. The zero-order valence-electron chi connectivity index (χ0n) is 29.9. The molecule has 57 heavy (non-hydrogen) atoms. The molecule has 2 aliphatic heterocycles. The number of hydrogen-bond donors (Lipinski definition) is 2. The number of epoxide rings is 2. The molecule has 7 nitrogen and oxygen atoms in total. The summed E-state index contributed by atoms with van der Waals surface area (Å²) >= 11 is 0. The van der Waals surface area contributed by atoms with Crippen molar-refractivity contribution in [2.75, 3.05) is 46.2 Å². The summed E-state index contributed by atoms with van der Waals surface area (Å²) in [5.74, 6) is -57.0. The minimum Gasteiger partial charge on any atom is -0.390 e. The van der Waals surface area contributed by atoms with Crippen LogP contribution in [0.2, 0.25) is 0 Å². The minimum atomic E-state index is -8.70. The maximum atomic E-state index is 14.4. The molecule has 0 aromatic carbocycles. The van der Waals surface area contributed by atoms with Crippen molar-refractivity contribution in [2.45, 2.75) is 136 Å². The highest BCUT2D eigenvalue weighted by atomic mass is 19.4. The lowest BCUT2D eigenvalue weighted by atomic mass is 9.77. The molecule has 4 rings (SSSR count). The van der Waals surface area contributed by atoms with Crippen LogP contribution in [0.1, 0.15) is 57.8 Å². The van der Waals surface area contributed by atoms with Gasteiger partial charge in [-0.2, -0.15) is 74.6 Å². The molecular weight excluding hydrogens is 831 g/mol. The van der Waals surface area contributed by atoms with E-state index in [-0.39, 0.29) is 42.5 Å². The zero-order valence-corrected chi connectivity index (χ0v) is 29.9. The monoisotopic (exact) mass is 874 g/mol. The largest absolute Gasteiger partial charge is 0.460 e. The molecule has 2 saturated carbocycles. The molecule has 0 bridgehead atoms.